The van der Waals surface area contributed by atoms with Gasteiger partial charge in [-0.05, 0) is 64.8 Å². The van der Waals surface area contributed by atoms with Crippen LogP contribution in [0.25, 0.3) is 0 Å². The van der Waals surface area contributed by atoms with Crippen LogP contribution in [-0.4, -0.2) is 38.9 Å². The van der Waals surface area contributed by atoms with Crippen molar-refractivity contribution in [3.05, 3.63) is 74.2 Å². The molecule has 2 amide bonds. The van der Waals surface area contributed by atoms with Gasteiger partial charge in [-0.2, -0.15) is 5.10 Å². The van der Waals surface area contributed by atoms with Gasteiger partial charge in [-0.25, -0.2) is 5.43 Å². The fourth-order valence-corrected chi connectivity index (χ4v) is 4.26. The van der Waals surface area contributed by atoms with Crippen LogP contribution in [0.4, 0.5) is 5.69 Å². The van der Waals surface area contributed by atoms with Gasteiger partial charge in [0, 0.05) is 21.7 Å². The monoisotopic (exact) mass is 623 g/mol. The summed E-state index contributed by atoms with van der Waals surface area (Å²) in [6.45, 7) is 2.33. The first-order chi connectivity index (χ1) is 18.3. The summed E-state index contributed by atoms with van der Waals surface area (Å²) in [6.07, 6.45) is 1.36. The Hall–Kier alpha value is -3.47. The largest absolute Gasteiger partial charge is 0.497 e. The molecule has 38 heavy (non-hydrogen) atoms. The van der Waals surface area contributed by atoms with Gasteiger partial charge in [0.2, 0.25) is 0 Å². The minimum Gasteiger partial charge on any atom is -0.497 e. The molecule has 0 atom stereocenters. The molecule has 0 aliphatic heterocycles. The van der Waals surface area contributed by atoms with Crippen LogP contribution in [0.3, 0.4) is 0 Å². The Balaban J connectivity index is 1.68. The van der Waals surface area contributed by atoms with Crippen LogP contribution in [0.1, 0.15) is 18.1 Å². The van der Waals surface area contributed by atoms with Crippen molar-refractivity contribution in [3.63, 3.8) is 0 Å². The van der Waals surface area contributed by atoms with Crippen LogP contribution < -0.4 is 29.7 Å². The Morgan fingerprint density at radius 2 is 1.71 bits per heavy atom. The molecule has 0 fully saturated rings. The molecule has 0 unspecified atom stereocenters. The third-order valence-electron chi connectivity index (χ3n) is 5.00. The lowest BCUT2D eigenvalue weighted by atomic mass is 10.2. The summed E-state index contributed by atoms with van der Waals surface area (Å²) in [5, 5.41) is 7.32. The maximum atomic E-state index is 12.3. The van der Waals surface area contributed by atoms with Crippen LogP contribution in [0.5, 0.6) is 23.0 Å². The molecule has 0 heterocycles. The smallest absolute Gasteiger partial charge is 0.329 e. The zero-order valence-electron chi connectivity index (χ0n) is 20.6. The minimum absolute atomic E-state index is 0.120. The van der Waals surface area contributed by atoms with Gasteiger partial charge in [0.1, 0.15) is 18.1 Å². The van der Waals surface area contributed by atoms with E-state index in [4.69, 9.17) is 42.1 Å². The van der Waals surface area contributed by atoms with E-state index < -0.39 is 11.8 Å². The van der Waals surface area contributed by atoms with E-state index in [1.165, 1.54) is 20.4 Å². The summed E-state index contributed by atoms with van der Waals surface area (Å²) in [5.74, 6) is -0.153. The average Bonchev–Trinajstić information content (AvgIpc) is 2.89. The molecular weight excluding hydrogens is 601 g/mol. The maximum absolute atomic E-state index is 12.3. The average molecular weight is 625 g/mol. The van der Waals surface area contributed by atoms with Gasteiger partial charge in [-0.15, -0.1) is 0 Å². The van der Waals surface area contributed by atoms with Crippen molar-refractivity contribution in [1.29, 1.82) is 0 Å². The zero-order chi connectivity index (χ0) is 27.7. The Morgan fingerprint density at radius 3 is 2.37 bits per heavy atom. The molecule has 0 saturated heterocycles. The number of benzene rings is 3. The summed E-state index contributed by atoms with van der Waals surface area (Å²) in [7, 11) is 2.94. The molecule has 9 nitrogen and oxygen atoms in total. The molecule has 3 aromatic rings. The van der Waals surface area contributed by atoms with Crippen molar-refractivity contribution >= 4 is 62.8 Å². The number of ether oxygens (including phenoxy) is 4. The highest BCUT2D eigenvalue weighted by Gasteiger charge is 2.17. The predicted molar refractivity (Wildman–Crippen MR) is 150 cm³/mol. The van der Waals surface area contributed by atoms with E-state index in [9.17, 15) is 9.59 Å². The molecule has 0 spiro atoms. The summed E-state index contributed by atoms with van der Waals surface area (Å²) >= 11 is 16.0. The number of amides is 2. The molecule has 2 N–H and O–H groups in total. The van der Waals surface area contributed by atoms with Gasteiger partial charge in [-0.3, -0.25) is 9.59 Å². The van der Waals surface area contributed by atoms with Crippen molar-refractivity contribution in [1.82, 2.24) is 5.43 Å². The Morgan fingerprint density at radius 1 is 0.974 bits per heavy atom. The van der Waals surface area contributed by atoms with Gasteiger partial charge < -0.3 is 24.3 Å². The fourth-order valence-electron chi connectivity index (χ4n) is 3.18. The molecule has 0 aliphatic rings. The molecule has 0 saturated carbocycles. The second kappa shape index (κ2) is 13.9. The lowest BCUT2D eigenvalue weighted by Crippen LogP contribution is -2.32. The summed E-state index contributed by atoms with van der Waals surface area (Å²) in [6, 6.07) is 13.4. The second-order valence-corrected chi connectivity index (χ2v) is 9.14. The SMILES string of the molecule is CCOc1cc(/C=N/NC(=O)C(=O)Nc2ccc(OC)cc2OC)cc(Br)c1OCc1c(Cl)cccc1Cl. The summed E-state index contributed by atoms with van der Waals surface area (Å²) in [5.41, 5.74) is 3.71. The highest BCUT2D eigenvalue weighted by Crippen LogP contribution is 2.38. The number of methoxy groups -OCH3 is 2. The molecule has 0 radical (unpaired) electrons. The minimum atomic E-state index is -0.972. The summed E-state index contributed by atoms with van der Waals surface area (Å²) in [4.78, 5) is 24.6. The van der Waals surface area contributed by atoms with E-state index in [1.807, 2.05) is 6.92 Å². The van der Waals surface area contributed by atoms with Crippen molar-refractivity contribution in [2.75, 3.05) is 26.1 Å². The van der Waals surface area contributed by atoms with Crippen LogP contribution in [0.15, 0.2) is 58.1 Å². The van der Waals surface area contributed by atoms with E-state index in [-0.39, 0.29) is 6.61 Å². The van der Waals surface area contributed by atoms with Crippen molar-refractivity contribution in [2.45, 2.75) is 13.5 Å². The van der Waals surface area contributed by atoms with Gasteiger partial charge in [-0.1, -0.05) is 29.3 Å². The lowest BCUT2D eigenvalue weighted by molar-refractivity contribution is -0.136. The number of hydrazone groups is 1. The first-order valence-electron chi connectivity index (χ1n) is 11.2. The molecule has 12 heteroatoms. The van der Waals surface area contributed by atoms with Crippen LogP contribution in [0, 0.1) is 0 Å². The number of halogens is 3. The molecule has 0 aromatic heterocycles. The van der Waals surface area contributed by atoms with E-state index >= 15 is 0 Å². The van der Waals surface area contributed by atoms with Crippen molar-refractivity contribution in [3.8, 4) is 23.0 Å². The number of rotatable bonds is 10. The lowest BCUT2D eigenvalue weighted by Gasteiger charge is -2.15. The number of hydrogen-bond acceptors (Lipinski definition) is 7. The topological polar surface area (TPSA) is 107 Å². The third kappa shape index (κ3) is 7.53. The van der Waals surface area contributed by atoms with Crippen molar-refractivity contribution in [2.24, 2.45) is 5.10 Å². The molecule has 3 aromatic carbocycles. The van der Waals surface area contributed by atoms with E-state index in [0.29, 0.717) is 60.9 Å². The summed E-state index contributed by atoms with van der Waals surface area (Å²) < 4.78 is 22.6. The molecule has 0 bridgehead atoms. The zero-order valence-corrected chi connectivity index (χ0v) is 23.7. The second-order valence-electron chi connectivity index (χ2n) is 7.47. The standard InChI is InChI=1S/C26H24BrCl2N3O6/c1-4-37-23-11-15(10-18(27)24(23)38-14-17-19(28)6-5-7-20(17)29)13-30-32-26(34)25(33)31-21-9-8-16(35-2)12-22(21)36-3/h5-13H,4,14H2,1-3H3,(H,31,33)(H,32,34)/b30-13+. The molecule has 3 rings (SSSR count). The number of hydrogen-bond donors (Lipinski definition) is 2. The number of anilines is 1. The van der Waals surface area contributed by atoms with Crippen LogP contribution in [-0.2, 0) is 16.2 Å². The third-order valence-corrected chi connectivity index (χ3v) is 6.29. The fraction of sp³-hybridized carbons (Fsp3) is 0.192. The quantitative estimate of drug-likeness (QED) is 0.167. The van der Waals surface area contributed by atoms with Gasteiger partial charge in [0.15, 0.2) is 11.5 Å². The van der Waals surface area contributed by atoms with Crippen LogP contribution >= 0.6 is 39.1 Å². The molecular formula is C26H24BrCl2N3O6. The highest BCUT2D eigenvalue weighted by atomic mass is 79.9. The van der Waals surface area contributed by atoms with Crippen molar-refractivity contribution < 1.29 is 28.5 Å². The highest BCUT2D eigenvalue weighted by molar-refractivity contribution is 9.10. The van der Waals surface area contributed by atoms with E-state index in [1.54, 1.807) is 48.5 Å². The Bertz CT molecular complexity index is 1330. The van der Waals surface area contributed by atoms with Gasteiger partial charge >= 0.3 is 11.8 Å². The number of nitrogens with zero attached hydrogens (tertiary/aromatic N) is 1. The maximum Gasteiger partial charge on any atom is 0.329 e. The molecule has 0 aliphatic carbocycles. The number of carbonyl (C=O) groups is 2. The first-order valence-corrected chi connectivity index (χ1v) is 12.7. The van der Waals surface area contributed by atoms with Gasteiger partial charge in [0.05, 0.1) is 37.2 Å². The Kier molecular flexibility index (Phi) is 10.6. The molecule has 200 valence electrons. The van der Waals surface area contributed by atoms with Gasteiger partial charge in [0.25, 0.3) is 0 Å². The van der Waals surface area contributed by atoms with E-state index in [2.05, 4.69) is 31.8 Å². The Labute approximate surface area is 238 Å². The number of nitrogens with one attached hydrogen (secondary N) is 2. The number of carbonyl (C=O) groups excluding carboxylic acids is 2. The normalized spacial score (nSPS) is 10.7. The van der Waals surface area contributed by atoms with E-state index in [0.717, 1.165) is 0 Å². The predicted octanol–water partition coefficient (Wildman–Crippen LogP) is 5.84. The van der Waals surface area contributed by atoms with Crippen LogP contribution in [0.2, 0.25) is 10.0 Å². The first kappa shape index (κ1) is 29.1.